The van der Waals surface area contributed by atoms with Crippen LogP contribution in [0.5, 0.6) is 0 Å². The molecule has 0 saturated carbocycles. The maximum atomic E-state index is 12.6. The Morgan fingerprint density at radius 1 is 1.21 bits per heavy atom. The zero-order chi connectivity index (χ0) is 13.2. The van der Waals surface area contributed by atoms with Crippen molar-refractivity contribution in [3.8, 4) is 5.69 Å². The van der Waals surface area contributed by atoms with Gasteiger partial charge in [-0.2, -0.15) is 0 Å². The first-order valence-electron chi connectivity index (χ1n) is 5.92. The Hall–Kier alpha value is -1.65. The van der Waals surface area contributed by atoms with Crippen LogP contribution in [0.4, 0.5) is 0 Å². The van der Waals surface area contributed by atoms with Gasteiger partial charge in [0.15, 0.2) is 0 Å². The molecule has 0 atom stereocenters. The molecule has 3 rings (SSSR count). The molecule has 0 N–H and O–H groups in total. The van der Waals surface area contributed by atoms with Crippen LogP contribution in [0.2, 0.25) is 0 Å². The minimum Gasteiger partial charge on any atom is -0.267 e. The average Bonchev–Trinajstić information content (AvgIpc) is 2.89. The number of rotatable bonds is 3. The van der Waals surface area contributed by atoms with Gasteiger partial charge in [-0.1, -0.05) is 18.2 Å². The molecule has 0 spiro atoms. The summed E-state index contributed by atoms with van der Waals surface area (Å²) >= 11 is 7.24. The molecule has 5 heteroatoms. The van der Waals surface area contributed by atoms with E-state index < -0.39 is 0 Å². The van der Waals surface area contributed by atoms with E-state index in [0.717, 1.165) is 11.2 Å². The monoisotopic (exact) mass is 290 g/mol. The van der Waals surface area contributed by atoms with E-state index in [2.05, 4.69) is 4.98 Å². The Morgan fingerprint density at radius 2 is 2.00 bits per heavy atom. The third-order valence-corrected chi connectivity index (χ3v) is 3.96. The Balaban J connectivity index is 2.34. The number of alkyl halides is 1. The van der Waals surface area contributed by atoms with Crippen LogP contribution in [-0.4, -0.2) is 15.4 Å². The lowest BCUT2D eigenvalue weighted by Gasteiger charge is -2.11. The van der Waals surface area contributed by atoms with Gasteiger partial charge in [0.2, 0.25) is 0 Å². The molecule has 0 bridgehead atoms. The summed E-state index contributed by atoms with van der Waals surface area (Å²) in [4.78, 5) is 17.1. The summed E-state index contributed by atoms with van der Waals surface area (Å²) in [6.45, 7) is 0. The van der Waals surface area contributed by atoms with Crippen molar-refractivity contribution in [3.05, 3.63) is 58.0 Å². The molecule has 19 heavy (non-hydrogen) atoms. The van der Waals surface area contributed by atoms with E-state index in [0.29, 0.717) is 22.8 Å². The van der Waals surface area contributed by atoms with Crippen molar-refractivity contribution < 1.29 is 0 Å². The third kappa shape index (κ3) is 2.17. The smallest absolute Gasteiger partial charge is 0.267 e. The number of para-hydroxylation sites is 1. The normalized spacial score (nSPS) is 11.0. The fourth-order valence-corrected chi connectivity index (χ4v) is 2.98. The Kier molecular flexibility index (Phi) is 3.36. The minimum absolute atomic E-state index is 0.0219. The quantitative estimate of drug-likeness (QED) is 0.694. The summed E-state index contributed by atoms with van der Waals surface area (Å²) in [5.41, 5.74) is 1.56. The van der Waals surface area contributed by atoms with Gasteiger partial charge in [-0.25, -0.2) is 4.98 Å². The van der Waals surface area contributed by atoms with Crippen LogP contribution < -0.4 is 5.56 Å². The molecule has 1 aromatic carbocycles. The highest BCUT2D eigenvalue weighted by Crippen LogP contribution is 2.17. The van der Waals surface area contributed by atoms with E-state index in [1.807, 2.05) is 41.8 Å². The van der Waals surface area contributed by atoms with Gasteiger partial charge < -0.3 is 0 Å². The van der Waals surface area contributed by atoms with Crippen molar-refractivity contribution in [3.63, 3.8) is 0 Å². The van der Waals surface area contributed by atoms with Gasteiger partial charge in [-0.3, -0.25) is 9.36 Å². The average molecular weight is 291 g/mol. The highest BCUT2D eigenvalue weighted by Gasteiger charge is 2.12. The van der Waals surface area contributed by atoms with E-state index in [4.69, 9.17) is 11.6 Å². The second-order valence-electron chi connectivity index (χ2n) is 4.08. The molecule has 2 heterocycles. The molecule has 3 nitrogen and oxygen atoms in total. The van der Waals surface area contributed by atoms with Crippen molar-refractivity contribution in [2.45, 2.75) is 6.42 Å². The van der Waals surface area contributed by atoms with Crippen molar-refractivity contribution in [2.24, 2.45) is 0 Å². The fourth-order valence-electron chi connectivity index (χ4n) is 2.05. The number of hydrogen-bond donors (Lipinski definition) is 0. The maximum Gasteiger partial charge on any atom is 0.276 e. The molecule has 96 valence electrons. The van der Waals surface area contributed by atoms with Crippen molar-refractivity contribution >= 4 is 33.2 Å². The van der Waals surface area contributed by atoms with Crippen molar-refractivity contribution in [2.75, 3.05) is 5.88 Å². The van der Waals surface area contributed by atoms with E-state index in [9.17, 15) is 4.79 Å². The molecule has 0 aliphatic carbocycles. The summed E-state index contributed by atoms with van der Waals surface area (Å²) in [6.07, 6.45) is 0.567. The molecule has 0 radical (unpaired) electrons. The summed E-state index contributed by atoms with van der Waals surface area (Å²) in [6, 6.07) is 11.4. The van der Waals surface area contributed by atoms with Crippen LogP contribution in [0.1, 0.15) is 5.82 Å². The van der Waals surface area contributed by atoms with Gasteiger partial charge in [0, 0.05) is 12.3 Å². The number of aryl methyl sites for hydroxylation is 1. The van der Waals surface area contributed by atoms with Gasteiger partial charge in [-0.05, 0) is 23.6 Å². The molecule has 3 aromatic rings. The molecule has 0 aliphatic rings. The second-order valence-corrected chi connectivity index (χ2v) is 5.37. The lowest BCUT2D eigenvalue weighted by molar-refractivity contribution is 0.838. The van der Waals surface area contributed by atoms with Gasteiger partial charge in [0.25, 0.3) is 5.56 Å². The summed E-state index contributed by atoms with van der Waals surface area (Å²) in [5.74, 6) is 1.15. The fraction of sp³-hybridized carbons (Fsp3) is 0.143. The minimum atomic E-state index is -0.0219. The Labute approximate surface area is 119 Å². The largest absolute Gasteiger partial charge is 0.276 e. The summed E-state index contributed by atoms with van der Waals surface area (Å²) < 4.78 is 2.34. The summed E-state index contributed by atoms with van der Waals surface area (Å²) in [7, 11) is 0. The van der Waals surface area contributed by atoms with Crippen LogP contribution in [0, 0.1) is 0 Å². The number of benzene rings is 1. The molecular weight excluding hydrogens is 280 g/mol. The van der Waals surface area contributed by atoms with Gasteiger partial charge >= 0.3 is 0 Å². The lowest BCUT2D eigenvalue weighted by atomic mass is 10.3. The molecule has 0 amide bonds. The molecule has 2 aromatic heterocycles. The molecule has 0 aliphatic heterocycles. The number of hydrogen-bond acceptors (Lipinski definition) is 3. The highest BCUT2D eigenvalue weighted by atomic mass is 35.5. The van der Waals surface area contributed by atoms with Gasteiger partial charge in [0.05, 0.1) is 11.2 Å². The van der Waals surface area contributed by atoms with Gasteiger partial charge in [-0.15, -0.1) is 22.9 Å². The van der Waals surface area contributed by atoms with Crippen LogP contribution in [0.15, 0.2) is 46.6 Å². The first kappa shape index (κ1) is 12.4. The van der Waals surface area contributed by atoms with E-state index >= 15 is 0 Å². The zero-order valence-corrected chi connectivity index (χ0v) is 11.6. The molecule has 0 unspecified atom stereocenters. The second kappa shape index (κ2) is 5.15. The van der Waals surface area contributed by atoms with Crippen LogP contribution in [0.3, 0.4) is 0 Å². The zero-order valence-electron chi connectivity index (χ0n) is 10.0. The van der Waals surface area contributed by atoms with E-state index in [1.165, 1.54) is 11.3 Å². The third-order valence-electron chi connectivity index (χ3n) is 2.88. The van der Waals surface area contributed by atoms with Gasteiger partial charge in [0.1, 0.15) is 10.5 Å². The molecule has 0 fully saturated rings. The SMILES string of the molecule is O=c1c2sccc2nc(CCCl)n1-c1ccccc1. The number of halogens is 1. The Bertz CT molecular complexity index is 764. The van der Waals surface area contributed by atoms with Crippen LogP contribution in [-0.2, 0) is 6.42 Å². The maximum absolute atomic E-state index is 12.6. The van der Waals surface area contributed by atoms with E-state index in [1.54, 1.807) is 4.57 Å². The Morgan fingerprint density at radius 3 is 2.74 bits per heavy atom. The molecule has 0 saturated heterocycles. The standard InChI is InChI=1S/C14H11ClN2OS/c15-8-6-12-16-11-7-9-19-13(11)14(18)17(12)10-4-2-1-3-5-10/h1-5,7,9H,6,8H2. The van der Waals surface area contributed by atoms with Crippen molar-refractivity contribution in [1.29, 1.82) is 0 Å². The predicted octanol–water partition coefficient (Wildman–Crippen LogP) is 3.23. The predicted molar refractivity (Wildman–Crippen MR) is 79.6 cm³/mol. The van der Waals surface area contributed by atoms with Crippen LogP contribution >= 0.6 is 22.9 Å². The number of thiophene rings is 1. The highest BCUT2D eigenvalue weighted by molar-refractivity contribution is 7.17. The molecular formula is C14H11ClN2OS. The number of nitrogens with zero attached hydrogens (tertiary/aromatic N) is 2. The van der Waals surface area contributed by atoms with Crippen molar-refractivity contribution in [1.82, 2.24) is 9.55 Å². The van der Waals surface area contributed by atoms with Crippen LogP contribution in [0.25, 0.3) is 15.9 Å². The summed E-state index contributed by atoms with van der Waals surface area (Å²) in [5, 5.41) is 1.89. The topological polar surface area (TPSA) is 34.9 Å². The lowest BCUT2D eigenvalue weighted by Crippen LogP contribution is -2.23. The van der Waals surface area contributed by atoms with E-state index in [-0.39, 0.29) is 5.56 Å². The first-order chi connectivity index (χ1) is 9.31. The number of fused-ring (bicyclic) bond motifs is 1. The number of aromatic nitrogens is 2. The first-order valence-corrected chi connectivity index (χ1v) is 7.33.